The second-order valence-electron chi connectivity index (χ2n) is 11.2. The number of ketones is 1. The number of aromatic nitrogens is 1. The van der Waals surface area contributed by atoms with Gasteiger partial charge in [0.05, 0.1) is 17.2 Å². The smallest absolute Gasteiger partial charge is 0.298 e. The van der Waals surface area contributed by atoms with Gasteiger partial charge in [0.25, 0.3) is 5.91 Å². The summed E-state index contributed by atoms with van der Waals surface area (Å²) in [6.07, 6.45) is -7.86. The van der Waals surface area contributed by atoms with Crippen LogP contribution in [0.5, 0.6) is 0 Å². The van der Waals surface area contributed by atoms with Crippen molar-refractivity contribution >= 4 is 17.5 Å². The van der Waals surface area contributed by atoms with E-state index in [1.807, 2.05) is 11.0 Å². The van der Waals surface area contributed by atoms with Crippen LogP contribution < -0.4 is 4.90 Å². The average Bonchev–Trinajstić information content (AvgIpc) is 3.05. The second kappa shape index (κ2) is 13.9. The fourth-order valence-corrected chi connectivity index (χ4v) is 5.88. The largest absolute Gasteiger partial charge is 0.416 e. The SMILES string of the molecule is O=C(CCc1cc(C(F)(F)F)cc(C(F)(F)F)c1)C(c1ccccc1)N1CCC(N(C(=O)c2ccccc2)c2ccccn2)CC1. The number of alkyl halides is 6. The second-order valence-corrected chi connectivity index (χ2v) is 11.2. The van der Waals surface area contributed by atoms with Crippen LogP contribution in [0.2, 0.25) is 0 Å². The summed E-state index contributed by atoms with van der Waals surface area (Å²) in [5.74, 6) is -0.0184. The Hall–Kier alpha value is -4.51. The summed E-state index contributed by atoms with van der Waals surface area (Å²) in [6, 6.07) is 23.5. The van der Waals surface area contributed by atoms with Crippen molar-refractivity contribution in [1.82, 2.24) is 9.88 Å². The molecule has 1 aromatic heterocycles. The Kier molecular flexibility index (Phi) is 9.91. The van der Waals surface area contributed by atoms with Crippen molar-refractivity contribution in [3.63, 3.8) is 0 Å². The summed E-state index contributed by atoms with van der Waals surface area (Å²) in [6.45, 7) is 0.840. The summed E-state index contributed by atoms with van der Waals surface area (Å²) in [4.78, 5) is 35.5. The molecule has 4 aromatic rings. The number of benzene rings is 3. The van der Waals surface area contributed by atoms with Crippen molar-refractivity contribution in [2.45, 2.75) is 50.1 Å². The molecule has 240 valence electrons. The molecule has 0 aliphatic carbocycles. The minimum atomic E-state index is -4.97. The molecule has 0 bridgehead atoms. The van der Waals surface area contributed by atoms with Crippen LogP contribution in [0.4, 0.5) is 32.2 Å². The standard InChI is InChI=1S/C35H31F6N3O2/c36-34(37,38)27-21-24(22-28(23-27)35(39,40)41)14-15-30(45)32(25-9-3-1-4-10-25)43-19-16-29(17-20-43)44(31-13-7-8-18-42-31)33(46)26-11-5-2-6-12-26/h1-13,18,21-23,29,32H,14-17,19-20H2. The normalized spacial score (nSPS) is 15.3. The number of pyridine rings is 1. The Balaban J connectivity index is 1.35. The Bertz CT molecular complexity index is 1590. The van der Waals surface area contributed by atoms with E-state index in [-0.39, 0.29) is 42.2 Å². The van der Waals surface area contributed by atoms with Crippen molar-refractivity contribution in [2.24, 2.45) is 0 Å². The molecule has 11 heteroatoms. The maximum absolute atomic E-state index is 13.7. The summed E-state index contributed by atoms with van der Waals surface area (Å²) in [7, 11) is 0. The molecule has 1 atom stereocenters. The Morgan fingerprint density at radius 2 is 1.35 bits per heavy atom. The zero-order valence-electron chi connectivity index (χ0n) is 24.6. The van der Waals surface area contributed by atoms with Gasteiger partial charge in [-0.1, -0.05) is 54.6 Å². The predicted octanol–water partition coefficient (Wildman–Crippen LogP) is 8.17. The van der Waals surface area contributed by atoms with E-state index in [1.165, 1.54) is 0 Å². The molecule has 2 heterocycles. The molecule has 1 aliphatic heterocycles. The highest BCUT2D eigenvalue weighted by molar-refractivity contribution is 6.06. The van der Waals surface area contributed by atoms with E-state index in [9.17, 15) is 35.9 Å². The van der Waals surface area contributed by atoms with Crippen molar-refractivity contribution < 1.29 is 35.9 Å². The van der Waals surface area contributed by atoms with E-state index in [2.05, 4.69) is 4.98 Å². The van der Waals surface area contributed by atoms with E-state index in [0.717, 1.165) is 0 Å². The molecule has 1 saturated heterocycles. The zero-order chi connectivity index (χ0) is 32.9. The van der Waals surface area contributed by atoms with Gasteiger partial charge in [-0.05, 0) is 72.9 Å². The highest BCUT2D eigenvalue weighted by Crippen LogP contribution is 2.37. The zero-order valence-corrected chi connectivity index (χ0v) is 24.6. The van der Waals surface area contributed by atoms with Gasteiger partial charge in [-0.3, -0.25) is 19.4 Å². The van der Waals surface area contributed by atoms with E-state index < -0.39 is 29.5 Å². The topological polar surface area (TPSA) is 53.5 Å². The van der Waals surface area contributed by atoms with Gasteiger partial charge in [0.2, 0.25) is 0 Å². The molecule has 5 rings (SSSR count). The molecule has 5 nitrogen and oxygen atoms in total. The summed E-state index contributed by atoms with van der Waals surface area (Å²) >= 11 is 0. The highest BCUT2D eigenvalue weighted by atomic mass is 19.4. The first-order valence-corrected chi connectivity index (χ1v) is 14.8. The lowest BCUT2D eigenvalue weighted by Gasteiger charge is -2.41. The fourth-order valence-electron chi connectivity index (χ4n) is 5.88. The molecular formula is C35H31F6N3O2. The lowest BCUT2D eigenvalue weighted by Crippen LogP contribution is -2.49. The summed E-state index contributed by atoms with van der Waals surface area (Å²) in [5.41, 5.74) is -1.85. The van der Waals surface area contributed by atoms with E-state index >= 15 is 0 Å². The third-order valence-corrected chi connectivity index (χ3v) is 8.09. The number of anilines is 1. The molecule has 3 aromatic carbocycles. The number of aryl methyl sites for hydroxylation is 1. The molecule has 0 saturated carbocycles. The minimum Gasteiger partial charge on any atom is -0.298 e. The van der Waals surface area contributed by atoms with Crippen LogP contribution in [-0.2, 0) is 23.6 Å². The fraction of sp³-hybridized carbons (Fsp3) is 0.286. The van der Waals surface area contributed by atoms with Crippen LogP contribution in [0, 0.1) is 0 Å². The first-order valence-electron chi connectivity index (χ1n) is 14.8. The van der Waals surface area contributed by atoms with Gasteiger partial charge in [-0.2, -0.15) is 26.3 Å². The molecule has 1 unspecified atom stereocenters. The molecule has 0 spiro atoms. The van der Waals surface area contributed by atoms with Gasteiger partial charge >= 0.3 is 12.4 Å². The van der Waals surface area contributed by atoms with Gasteiger partial charge in [0.15, 0.2) is 5.78 Å². The third-order valence-electron chi connectivity index (χ3n) is 8.09. The molecule has 1 amide bonds. The van der Waals surface area contributed by atoms with E-state index in [0.29, 0.717) is 55.0 Å². The number of nitrogens with zero attached hydrogens (tertiary/aromatic N) is 3. The Morgan fingerprint density at radius 3 is 1.89 bits per heavy atom. The summed E-state index contributed by atoms with van der Waals surface area (Å²) in [5, 5.41) is 0. The van der Waals surface area contributed by atoms with Crippen molar-refractivity contribution in [2.75, 3.05) is 18.0 Å². The molecule has 46 heavy (non-hydrogen) atoms. The van der Waals surface area contributed by atoms with Gasteiger partial charge in [-0.15, -0.1) is 0 Å². The minimum absolute atomic E-state index is 0.0824. The monoisotopic (exact) mass is 639 g/mol. The summed E-state index contributed by atoms with van der Waals surface area (Å²) < 4.78 is 80.4. The van der Waals surface area contributed by atoms with Crippen LogP contribution >= 0.6 is 0 Å². The van der Waals surface area contributed by atoms with Crippen molar-refractivity contribution in [3.05, 3.63) is 131 Å². The average molecular weight is 640 g/mol. The Labute approximate surface area is 262 Å². The van der Waals surface area contributed by atoms with Crippen LogP contribution in [0.1, 0.15) is 57.9 Å². The van der Waals surface area contributed by atoms with Crippen LogP contribution in [-0.4, -0.2) is 40.7 Å². The number of rotatable bonds is 9. The predicted molar refractivity (Wildman–Crippen MR) is 161 cm³/mol. The number of hydrogen-bond donors (Lipinski definition) is 0. The number of amides is 1. The number of Topliss-reactive ketones (excluding diaryl/α,β-unsaturated/α-hetero) is 1. The Morgan fingerprint density at radius 1 is 0.783 bits per heavy atom. The number of carbonyl (C=O) groups excluding carboxylic acids is 2. The van der Waals surface area contributed by atoms with Gasteiger partial charge in [-0.25, -0.2) is 4.98 Å². The molecule has 0 N–H and O–H groups in total. The number of hydrogen-bond acceptors (Lipinski definition) is 4. The maximum Gasteiger partial charge on any atom is 0.416 e. The number of piperidine rings is 1. The van der Waals surface area contributed by atoms with E-state index in [4.69, 9.17) is 0 Å². The lowest BCUT2D eigenvalue weighted by atomic mass is 9.92. The van der Waals surface area contributed by atoms with Crippen molar-refractivity contribution in [1.29, 1.82) is 0 Å². The van der Waals surface area contributed by atoms with Gasteiger partial charge < -0.3 is 0 Å². The molecule has 1 aliphatic rings. The molecule has 0 radical (unpaired) electrons. The first kappa shape index (κ1) is 32.9. The number of likely N-dealkylation sites (tertiary alicyclic amines) is 1. The van der Waals surface area contributed by atoms with Crippen LogP contribution in [0.25, 0.3) is 0 Å². The van der Waals surface area contributed by atoms with Crippen molar-refractivity contribution in [3.8, 4) is 0 Å². The van der Waals surface area contributed by atoms with Crippen LogP contribution in [0.3, 0.4) is 0 Å². The van der Waals surface area contributed by atoms with E-state index in [1.54, 1.807) is 83.9 Å². The van der Waals surface area contributed by atoms with Gasteiger partial charge in [0, 0.05) is 37.3 Å². The van der Waals surface area contributed by atoms with Crippen LogP contribution in [0.15, 0.2) is 103 Å². The van der Waals surface area contributed by atoms with Gasteiger partial charge in [0.1, 0.15) is 5.82 Å². The maximum atomic E-state index is 13.7. The lowest BCUT2D eigenvalue weighted by molar-refractivity contribution is -0.143. The number of carbonyl (C=O) groups is 2. The first-order chi connectivity index (χ1) is 21.9. The molecular weight excluding hydrogens is 608 g/mol. The number of halogens is 6. The molecule has 1 fully saturated rings. The third kappa shape index (κ3) is 7.82. The highest BCUT2D eigenvalue weighted by Gasteiger charge is 2.38. The quantitative estimate of drug-likeness (QED) is 0.174.